The first kappa shape index (κ1) is 12.9. The van der Waals surface area contributed by atoms with Gasteiger partial charge in [-0.15, -0.1) is 0 Å². The molecular formula is C12H16N2O4. The third-order valence-electron chi connectivity index (χ3n) is 3.20. The van der Waals surface area contributed by atoms with Crippen LogP contribution in [0.2, 0.25) is 0 Å². The van der Waals surface area contributed by atoms with Crippen molar-refractivity contribution in [1.29, 1.82) is 0 Å². The minimum absolute atomic E-state index is 0.0148. The van der Waals surface area contributed by atoms with Gasteiger partial charge in [0.05, 0.1) is 17.1 Å². The van der Waals surface area contributed by atoms with E-state index < -0.39 is 11.0 Å². The number of hydrogen-bond donors (Lipinski definition) is 3. The molecule has 1 aromatic rings. The van der Waals surface area contributed by atoms with E-state index in [4.69, 9.17) is 5.11 Å². The summed E-state index contributed by atoms with van der Waals surface area (Å²) in [5.41, 5.74) is 0.661. The van der Waals surface area contributed by atoms with Gasteiger partial charge in [-0.25, -0.2) is 0 Å². The molecule has 6 nitrogen and oxygen atoms in total. The van der Waals surface area contributed by atoms with Gasteiger partial charge in [0.1, 0.15) is 0 Å². The number of nitro benzene ring substituents is 1. The third kappa shape index (κ3) is 3.04. The maximum atomic E-state index is 10.5. The molecule has 98 valence electrons. The molecule has 1 aromatic carbocycles. The van der Waals surface area contributed by atoms with Crippen LogP contribution in [0.4, 0.5) is 5.69 Å². The predicted molar refractivity (Wildman–Crippen MR) is 65.1 cm³/mol. The summed E-state index contributed by atoms with van der Waals surface area (Å²) in [6.45, 7) is 0.384. The van der Waals surface area contributed by atoms with Gasteiger partial charge in [0.15, 0.2) is 0 Å². The average Bonchev–Trinajstić information content (AvgIpc) is 2.33. The number of aliphatic hydroxyl groups is 2. The lowest BCUT2D eigenvalue weighted by Gasteiger charge is -2.32. The standard InChI is InChI=1S/C12H16N2O4/c15-11-5-9(6-11)13-7-12(16)8-1-3-10(4-2-8)14(17)18/h1-4,9,11-13,15-16H,5-7H2. The molecule has 3 N–H and O–H groups in total. The summed E-state index contributed by atoms with van der Waals surface area (Å²) in [6.07, 6.45) is 0.516. The van der Waals surface area contributed by atoms with Gasteiger partial charge in [-0.3, -0.25) is 10.1 Å². The minimum Gasteiger partial charge on any atom is -0.393 e. The maximum absolute atomic E-state index is 10.5. The van der Waals surface area contributed by atoms with E-state index in [-0.39, 0.29) is 17.8 Å². The molecule has 1 aliphatic rings. The molecule has 0 spiro atoms. The number of rotatable bonds is 5. The van der Waals surface area contributed by atoms with Gasteiger partial charge >= 0.3 is 0 Å². The molecular weight excluding hydrogens is 236 g/mol. The van der Waals surface area contributed by atoms with Crippen LogP contribution in [0, 0.1) is 10.1 Å². The molecule has 0 bridgehead atoms. The summed E-state index contributed by atoms with van der Waals surface area (Å²) in [5.74, 6) is 0. The molecule has 0 aromatic heterocycles. The molecule has 0 saturated heterocycles. The Morgan fingerprint density at radius 1 is 1.39 bits per heavy atom. The monoisotopic (exact) mass is 252 g/mol. The van der Waals surface area contributed by atoms with Gasteiger partial charge in [0.25, 0.3) is 5.69 Å². The van der Waals surface area contributed by atoms with Crippen molar-refractivity contribution in [3.8, 4) is 0 Å². The van der Waals surface area contributed by atoms with Gasteiger partial charge in [-0.2, -0.15) is 0 Å². The van der Waals surface area contributed by atoms with Crippen LogP contribution in [0.3, 0.4) is 0 Å². The van der Waals surface area contributed by atoms with Crippen LogP contribution in [0.5, 0.6) is 0 Å². The second-order valence-electron chi connectivity index (χ2n) is 4.59. The van der Waals surface area contributed by atoms with E-state index in [1.54, 1.807) is 12.1 Å². The SMILES string of the molecule is O=[N+]([O-])c1ccc(C(O)CNC2CC(O)C2)cc1. The highest BCUT2D eigenvalue weighted by Gasteiger charge is 2.27. The summed E-state index contributed by atoms with van der Waals surface area (Å²) < 4.78 is 0. The average molecular weight is 252 g/mol. The molecule has 18 heavy (non-hydrogen) atoms. The molecule has 0 amide bonds. The van der Waals surface area contributed by atoms with E-state index in [2.05, 4.69) is 5.32 Å². The van der Waals surface area contributed by atoms with Gasteiger partial charge < -0.3 is 15.5 Å². The Labute approximate surface area is 104 Å². The zero-order valence-electron chi connectivity index (χ0n) is 9.82. The van der Waals surface area contributed by atoms with Crippen LogP contribution in [0.25, 0.3) is 0 Å². The quantitative estimate of drug-likeness (QED) is 0.530. The number of benzene rings is 1. The number of nitro groups is 1. The van der Waals surface area contributed by atoms with Gasteiger partial charge in [0.2, 0.25) is 0 Å². The second kappa shape index (κ2) is 5.43. The Hall–Kier alpha value is -1.50. The number of hydrogen-bond acceptors (Lipinski definition) is 5. The fraction of sp³-hybridized carbons (Fsp3) is 0.500. The molecule has 1 unspecified atom stereocenters. The molecule has 1 saturated carbocycles. The van der Waals surface area contributed by atoms with Crippen LogP contribution < -0.4 is 5.32 Å². The Balaban J connectivity index is 1.84. The smallest absolute Gasteiger partial charge is 0.269 e. The van der Waals surface area contributed by atoms with Crippen LogP contribution in [0.15, 0.2) is 24.3 Å². The van der Waals surface area contributed by atoms with Crippen LogP contribution in [-0.4, -0.2) is 33.8 Å². The highest BCUT2D eigenvalue weighted by molar-refractivity contribution is 5.33. The lowest BCUT2D eigenvalue weighted by Crippen LogP contribution is -2.45. The molecule has 0 aliphatic heterocycles. The van der Waals surface area contributed by atoms with Crippen molar-refractivity contribution in [2.24, 2.45) is 0 Å². The minimum atomic E-state index is -0.691. The summed E-state index contributed by atoms with van der Waals surface area (Å²) in [7, 11) is 0. The second-order valence-corrected chi connectivity index (χ2v) is 4.59. The largest absolute Gasteiger partial charge is 0.393 e. The van der Waals surface area contributed by atoms with Crippen molar-refractivity contribution >= 4 is 5.69 Å². The lowest BCUT2D eigenvalue weighted by atomic mass is 9.89. The Bertz CT molecular complexity index is 415. The van der Waals surface area contributed by atoms with Crippen LogP contribution in [0.1, 0.15) is 24.5 Å². The molecule has 1 fully saturated rings. The molecule has 1 aliphatic carbocycles. The lowest BCUT2D eigenvalue weighted by molar-refractivity contribution is -0.384. The van der Waals surface area contributed by atoms with Crippen molar-refractivity contribution < 1.29 is 15.1 Å². The third-order valence-corrected chi connectivity index (χ3v) is 3.20. The maximum Gasteiger partial charge on any atom is 0.269 e. The molecule has 6 heteroatoms. The highest BCUT2D eigenvalue weighted by Crippen LogP contribution is 2.21. The molecule has 2 rings (SSSR count). The normalized spacial score (nSPS) is 24.3. The summed E-state index contributed by atoms with van der Waals surface area (Å²) in [4.78, 5) is 10.0. The first-order valence-corrected chi connectivity index (χ1v) is 5.90. The van der Waals surface area contributed by atoms with E-state index in [1.807, 2.05) is 0 Å². The predicted octanol–water partition coefficient (Wildman–Crippen LogP) is 0.741. The molecule has 0 heterocycles. The van der Waals surface area contributed by atoms with Crippen LogP contribution in [-0.2, 0) is 0 Å². The van der Waals surface area contributed by atoms with Crippen molar-refractivity contribution in [2.75, 3.05) is 6.54 Å². The van der Waals surface area contributed by atoms with E-state index in [0.29, 0.717) is 24.9 Å². The number of nitrogens with zero attached hydrogens (tertiary/aromatic N) is 1. The molecule has 1 atom stereocenters. The van der Waals surface area contributed by atoms with E-state index in [1.165, 1.54) is 12.1 Å². The Morgan fingerprint density at radius 3 is 2.50 bits per heavy atom. The van der Waals surface area contributed by atoms with Gasteiger partial charge in [-0.1, -0.05) is 0 Å². The fourth-order valence-corrected chi connectivity index (χ4v) is 1.97. The summed E-state index contributed by atoms with van der Waals surface area (Å²) in [5, 5.41) is 32.6. The van der Waals surface area contributed by atoms with Crippen molar-refractivity contribution in [3.05, 3.63) is 39.9 Å². The van der Waals surface area contributed by atoms with Crippen molar-refractivity contribution in [1.82, 2.24) is 5.32 Å². The zero-order chi connectivity index (χ0) is 13.1. The number of aliphatic hydroxyl groups excluding tert-OH is 2. The number of nitrogens with one attached hydrogen (secondary N) is 1. The summed E-state index contributed by atoms with van der Waals surface area (Å²) >= 11 is 0. The first-order valence-electron chi connectivity index (χ1n) is 5.90. The van der Waals surface area contributed by atoms with E-state index >= 15 is 0 Å². The zero-order valence-corrected chi connectivity index (χ0v) is 9.82. The van der Waals surface area contributed by atoms with Gasteiger partial charge in [-0.05, 0) is 30.5 Å². The fourth-order valence-electron chi connectivity index (χ4n) is 1.97. The first-order chi connectivity index (χ1) is 8.56. The topological polar surface area (TPSA) is 95.6 Å². The van der Waals surface area contributed by atoms with Crippen molar-refractivity contribution in [2.45, 2.75) is 31.1 Å². The Morgan fingerprint density at radius 2 is 2.00 bits per heavy atom. The number of non-ortho nitro benzene ring substituents is 1. The van der Waals surface area contributed by atoms with E-state index in [0.717, 1.165) is 0 Å². The molecule has 0 radical (unpaired) electrons. The van der Waals surface area contributed by atoms with Gasteiger partial charge in [0, 0.05) is 24.7 Å². The van der Waals surface area contributed by atoms with Crippen molar-refractivity contribution in [3.63, 3.8) is 0 Å². The highest BCUT2D eigenvalue weighted by atomic mass is 16.6. The van der Waals surface area contributed by atoms with E-state index in [9.17, 15) is 15.2 Å². The Kier molecular flexibility index (Phi) is 3.90. The van der Waals surface area contributed by atoms with Crippen LogP contribution >= 0.6 is 0 Å². The summed E-state index contributed by atoms with van der Waals surface area (Å²) in [6, 6.07) is 6.13.